The monoisotopic (exact) mass is 314 g/mol. The van der Waals surface area contributed by atoms with Crippen LogP contribution in [0.25, 0.3) is 0 Å². The van der Waals surface area contributed by atoms with Crippen molar-refractivity contribution in [2.45, 2.75) is 43.9 Å². The van der Waals surface area contributed by atoms with Gasteiger partial charge in [-0.2, -0.15) is 0 Å². The van der Waals surface area contributed by atoms with Crippen LogP contribution >= 0.6 is 11.6 Å². The molecule has 0 unspecified atom stereocenters. The summed E-state index contributed by atoms with van der Waals surface area (Å²) < 4.78 is 0. The van der Waals surface area contributed by atoms with Gasteiger partial charge >= 0.3 is 0 Å². The Labute approximate surface area is 135 Å². The topological polar surface area (TPSA) is 34.1 Å². The zero-order valence-electron chi connectivity index (χ0n) is 12.5. The van der Waals surface area contributed by atoms with E-state index in [4.69, 9.17) is 11.6 Å². The van der Waals surface area contributed by atoms with Crippen LogP contribution in [0.3, 0.4) is 0 Å². The van der Waals surface area contributed by atoms with Crippen molar-refractivity contribution in [2.24, 2.45) is 11.8 Å². The number of allylic oxidation sites excluding steroid dienone is 2. The van der Waals surface area contributed by atoms with Crippen LogP contribution in [0.2, 0.25) is 5.02 Å². The second-order valence-corrected chi connectivity index (χ2v) is 7.40. The minimum Gasteiger partial charge on any atom is -0.294 e. The van der Waals surface area contributed by atoms with Gasteiger partial charge in [0.2, 0.25) is 0 Å². The van der Waals surface area contributed by atoms with Crippen molar-refractivity contribution in [3.8, 4) is 0 Å². The Hall–Kier alpha value is -1.41. The first kappa shape index (κ1) is 14.2. The fourth-order valence-corrected chi connectivity index (χ4v) is 3.34. The molecular weight excluding hydrogens is 296 g/mol. The van der Waals surface area contributed by atoms with E-state index >= 15 is 0 Å². The highest BCUT2D eigenvalue weighted by atomic mass is 35.5. The second kappa shape index (κ2) is 5.06. The zero-order chi connectivity index (χ0) is 15.3. The molecule has 3 aliphatic carbocycles. The Morgan fingerprint density at radius 2 is 1.59 bits per heavy atom. The fourth-order valence-electron chi connectivity index (χ4n) is 3.22. The molecule has 3 heteroatoms. The number of halogens is 1. The maximum atomic E-state index is 12.8. The first-order valence-corrected chi connectivity index (χ1v) is 8.54. The van der Waals surface area contributed by atoms with Crippen LogP contribution in [-0.2, 0) is 15.0 Å². The van der Waals surface area contributed by atoms with Crippen LogP contribution in [0.1, 0.15) is 44.1 Å². The molecule has 0 N–H and O–H groups in total. The van der Waals surface area contributed by atoms with Crippen molar-refractivity contribution in [1.29, 1.82) is 0 Å². The van der Waals surface area contributed by atoms with E-state index in [0.29, 0.717) is 10.9 Å². The molecule has 0 saturated heterocycles. The normalized spacial score (nSPS) is 23.2. The molecule has 2 nitrogen and oxygen atoms in total. The number of rotatable bonds is 6. The van der Waals surface area contributed by atoms with Crippen LogP contribution in [0.4, 0.5) is 0 Å². The summed E-state index contributed by atoms with van der Waals surface area (Å²) >= 11 is 5.94. The van der Waals surface area contributed by atoms with Crippen molar-refractivity contribution >= 4 is 23.2 Å². The molecule has 0 heterocycles. The summed E-state index contributed by atoms with van der Waals surface area (Å²) in [6.07, 6.45) is 7.56. The molecule has 4 rings (SSSR count). The Bertz CT molecular complexity index is 659. The highest BCUT2D eigenvalue weighted by Crippen LogP contribution is 2.50. The van der Waals surface area contributed by atoms with Crippen LogP contribution in [0, 0.1) is 11.8 Å². The molecular formula is C19H19ClO2. The first-order valence-electron chi connectivity index (χ1n) is 8.16. The lowest BCUT2D eigenvalue weighted by molar-refractivity contribution is -0.119. The number of hydrogen-bond acceptors (Lipinski definition) is 2. The molecule has 114 valence electrons. The van der Waals surface area contributed by atoms with Crippen LogP contribution < -0.4 is 0 Å². The van der Waals surface area contributed by atoms with Crippen LogP contribution in [-0.4, -0.2) is 11.6 Å². The largest absolute Gasteiger partial charge is 0.294 e. The van der Waals surface area contributed by atoms with Crippen LogP contribution in [0.5, 0.6) is 0 Å². The molecule has 0 atom stereocenters. The fraction of sp³-hybridized carbons (Fsp3) is 0.474. The van der Waals surface area contributed by atoms with E-state index in [9.17, 15) is 9.59 Å². The summed E-state index contributed by atoms with van der Waals surface area (Å²) in [5.41, 5.74) is 1.45. The van der Waals surface area contributed by atoms with Crippen molar-refractivity contribution in [1.82, 2.24) is 0 Å². The minimum atomic E-state index is -0.394. The average Bonchev–Trinajstić information content (AvgIpc) is 3.40. The lowest BCUT2D eigenvalue weighted by Gasteiger charge is -2.13. The second-order valence-electron chi connectivity index (χ2n) is 6.97. The number of ketones is 2. The van der Waals surface area contributed by atoms with E-state index in [-0.39, 0.29) is 17.5 Å². The van der Waals surface area contributed by atoms with Gasteiger partial charge in [0.15, 0.2) is 11.6 Å². The highest BCUT2D eigenvalue weighted by Gasteiger charge is 2.50. The third-order valence-electron chi connectivity index (χ3n) is 5.15. The SMILES string of the molecule is O=C(/C(=C\C(=O)C1(c2ccc(Cl)cc2)CC1)C1CC1)C1CC1. The Kier molecular flexibility index (Phi) is 3.26. The van der Waals surface area contributed by atoms with Gasteiger partial charge in [-0.25, -0.2) is 0 Å². The Balaban J connectivity index is 1.61. The Morgan fingerprint density at radius 1 is 1.00 bits per heavy atom. The third kappa shape index (κ3) is 2.54. The molecule has 3 saturated carbocycles. The zero-order valence-corrected chi connectivity index (χ0v) is 13.2. The molecule has 1 aromatic carbocycles. The predicted octanol–water partition coefficient (Wildman–Crippen LogP) is 4.26. The number of benzene rings is 1. The third-order valence-corrected chi connectivity index (χ3v) is 5.41. The van der Waals surface area contributed by atoms with Crippen molar-refractivity contribution < 1.29 is 9.59 Å². The molecule has 0 spiro atoms. The number of Topliss-reactive ketones (excluding diaryl/α,β-unsaturated/α-hetero) is 1. The van der Waals surface area contributed by atoms with Gasteiger partial charge in [-0.05, 0) is 68.2 Å². The van der Waals surface area contributed by atoms with Crippen LogP contribution in [0.15, 0.2) is 35.9 Å². The van der Waals surface area contributed by atoms with E-state index in [1.807, 2.05) is 24.3 Å². The molecule has 0 aliphatic heterocycles. The van der Waals surface area contributed by atoms with E-state index in [1.54, 1.807) is 6.08 Å². The molecule has 3 fully saturated rings. The van der Waals surface area contributed by atoms with E-state index in [2.05, 4.69) is 0 Å². The molecule has 0 aromatic heterocycles. The first-order chi connectivity index (χ1) is 10.6. The van der Waals surface area contributed by atoms with Gasteiger partial charge in [-0.1, -0.05) is 23.7 Å². The quantitative estimate of drug-likeness (QED) is 0.735. The lowest BCUT2D eigenvalue weighted by Crippen LogP contribution is -2.20. The molecule has 0 amide bonds. The van der Waals surface area contributed by atoms with Gasteiger partial charge in [0.1, 0.15) is 0 Å². The smallest absolute Gasteiger partial charge is 0.166 e. The molecule has 0 radical (unpaired) electrons. The molecule has 1 aromatic rings. The average molecular weight is 315 g/mol. The summed E-state index contributed by atoms with van der Waals surface area (Å²) in [7, 11) is 0. The maximum absolute atomic E-state index is 12.8. The van der Waals surface area contributed by atoms with Gasteiger partial charge in [0, 0.05) is 16.5 Å². The lowest BCUT2D eigenvalue weighted by atomic mass is 9.88. The van der Waals surface area contributed by atoms with E-state index < -0.39 is 5.41 Å². The predicted molar refractivity (Wildman–Crippen MR) is 85.9 cm³/mol. The number of hydrogen-bond donors (Lipinski definition) is 0. The minimum absolute atomic E-state index is 0.116. The summed E-state index contributed by atoms with van der Waals surface area (Å²) in [5, 5.41) is 0.685. The van der Waals surface area contributed by atoms with Gasteiger partial charge in [0.25, 0.3) is 0 Å². The van der Waals surface area contributed by atoms with E-state index in [1.165, 1.54) is 0 Å². The molecule has 3 aliphatic rings. The maximum Gasteiger partial charge on any atom is 0.166 e. The van der Waals surface area contributed by atoms with Crippen molar-refractivity contribution in [3.05, 3.63) is 46.5 Å². The summed E-state index contributed by atoms with van der Waals surface area (Å²) in [6, 6.07) is 7.57. The molecule has 0 bridgehead atoms. The van der Waals surface area contributed by atoms with Crippen molar-refractivity contribution in [2.75, 3.05) is 0 Å². The van der Waals surface area contributed by atoms with Gasteiger partial charge in [-0.15, -0.1) is 0 Å². The van der Waals surface area contributed by atoms with Gasteiger partial charge in [0.05, 0.1) is 5.41 Å². The Morgan fingerprint density at radius 3 is 2.09 bits per heavy atom. The summed E-state index contributed by atoms with van der Waals surface area (Å²) in [6.45, 7) is 0. The van der Waals surface area contributed by atoms with Gasteiger partial charge < -0.3 is 0 Å². The summed E-state index contributed by atoms with van der Waals surface area (Å²) in [5.74, 6) is 0.900. The highest BCUT2D eigenvalue weighted by molar-refractivity contribution is 6.30. The molecule has 22 heavy (non-hydrogen) atoms. The standard InChI is InChI=1S/C19H19ClO2/c20-15-7-5-14(6-8-15)19(9-10-19)17(21)11-16(12-1-2-12)18(22)13-3-4-13/h5-8,11-13H,1-4,9-10H2/b16-11-. The van der Waals surface area contributed by atoms with E-state index in [0.717, 1.165) is 49.7 Å². The number of carbonyl (C=O) groups excluding carboxylic acids is 2. The number of carbonyl (C=O) groups is 2. The summed E-state index contributed by atoms with van der Waals surface area (Å²) in [4.78, 5) is 25.3. The van der Waals surface area contributed by atoms with Gasteiger partial charge in [-0.3, -0.25) is 9.59 Å². The van der Waals surface area contributed by atoms with Crippen molar-refractivity contribution in [3.63, 3.8) is 0 Å².